The molecule has 33 heavy (non-hydrogen) atoms. The van der Waals surface area contributed by atoms with Gasteiger partial charge in [0.25, 0.3) is 5.56 Å². The van der Waals surface area contributed by atoms with Crippen molar-refractivity contribution in [3.05, 3.63) is 62.3 Å². The summed E-state index contributed by atoms with van der Waals surface area (Å²) in [6.45, 7) is 9.56. The van der Waals surface area contributed by atoms with Gasteiger partial charge in [-0.05, 0) is 44.4 Å². The smallest absolute Gasteiger partial charge is 0.332 e. The van der Waals surface area contributed by atoms with Crippen LogP contribution >= 0.6 is 11.8 Å². The second-order valence-electron chi connectivity index (χ2n) is 8.47. The van der Waals surface area contributed by atoms with E-state index in [1.807, 2.05) is 20.8 Å². The number of halogens is 1. The molecule has 0 aliphatic rings. The third kappa shape index (κ3) is 5.32. The zero-order valence-electron chi connectivity index (χ0n) is 19.5. The molecule has 3 aromatic rings. The van der Waals surface area contributed by atoms with Gasteiger partial charge in [0.05, 0.1) is 11.3 Å². The van der Waals surface area contributed by atoms with Crippen molar-refractivity contribution in [2.24, 2.45) is 13.0 Å². The Labute approximate surface area is 195 Å². The van der Waals surface area contributed by atoms with E-state index in [0.29, 0.717) is 17.4 Å². The van der Waals surface area contributed by atoms with E-state index in [0.717, 1.165) is 21.9 Å². The summed E-state index contributed by atoms with van der Waals surface area (Å²) in [5, 5.41) is 2.90. The fraction of sp³-hybridized carbons (Fsp3) is 0.435. The highest BCUT2D eigenvalue weighted by Gasteiger charge is 2.23. The van der Waals surface area contributed by atoms with Gasteiger partial charge in [-0.3, -0.25) is 18.7 Å². The van der Waals surface area contributed by atoms with E-state index >= 15 is 0 Å². The van der Waals surface area contributed by atoms with Crippen LogP contribution in [0.1, 0.15) is 45.1 Å². The third-order valence-corrected chi connectivity index (χ3v) is 6.28. The van der Waals surface area contributed by atoms with E-state index in [9.17, 15) is 18.8 Å². The van der Waals surface area contributed by atoms with Crippen LogP contribution in [-0.2, 0) is 18.4 Å². The van der Waals surface area contributed by atoms with E-state index in [2.05, 4.69) is 15.3 Å². The highest BCUT2D eigenvalue weighted by molar-refractivity contribution is 8.00. The molecule has 10 heteroatoms. The molecule has 2 heterocycles. The number of carbonyl (C=O) groups is 1. The summed E-state index contributed by atoms with van der Waals surface area (Å²) in [6.07, 6.45) is 0. The molecule has 3 rings (SSSR count). The predicted molar refractivity (Wildman–Crippen MR) is 127 cm³/mol. The summed E-state index contributed by atoms with van der Waals surface area (Å²) in [6, 6.07) is 5.61. The summed E-state index contributed by atoms with van der Waals surface area (Å²) in [5.41, 5.74) is 0.120. The Bertz CT molecular complexity index is 1300. The van der Waals surface area contributed by atoms with E-state index < -0.39 is 16.5 Å². The quantitative estimate of drug-likeness (QED) is 0.418. The predicted octanol–water partition coefficient (Wildman–Crippen LogP) is 2.95. The largest absolute Gasteiger partial charge is 0.349 e. The van der Waals surface area contributed by atoms with Crippen LogP contribution in [0.2, 0.25) is 0 Å². The van der Waals surface area contributed by atoms with E-state index in [-0.39, 0.29) is 34.7 Å². The van der Waals surface area contributed by atoms with Gasteiger partial charge in [-0.2, -0.15) is 0 Å². The Morgan fingerprint density at radius 2 is 1.76 bits per heavy atom. The molecule has 0 spiro atoms. The molecule has 0 radical (unpaired) electrons. The summed E-state index contributed by atoms with van der Waals surface area (Å²) in [5.74, 6) is -0.0341. The van der Waals surface area contributed by atoms with Crippen LogP contribution in [0, 0.1) is 18.7 Å². The Morgan fingerprint density at radius 3 is 2.36 bits per heavy atom. The average molecular weight is 474 g/mol. The molecule has 176 valence electrons. The number of hydrogen-bond donors (Lipinski definition) is 1. The first-order valence-electron chi connectivity index (χ1n) is 10.7. The summed E-state index contributed by atoms with van der Waals surface area (Å²) < 4.78 is 15.7. The Kier molecular flexibility index (Phi) is 7.36. The van der Waals surface area contributed by atoms with Crippen molar-refractivity contribution in [3.8, 4) is 0 Å². The highest BCUT2D eigenvalue weighted by Crippen LogP contribution is 2.27. The van der Waals surface area contributed by atoms with Gasteiger partial charge in [0.15, 0.2) is 5.65 Å². The van der Waals surface area contributed by atoms with Crippen molar-refractivity contribution in [3.63, 3.8) is 0 Å². The number of fused-ring (bicyclic) bond motifs is 1. The summed E-state index contributed by atoms with van der Waals surface area (Å²) in [4.78, 5) is 47.4. The van der Waals surface area contributed by atoms with Crippen LogP contribution in [-0.4, -0.2) is 30.3 Å². The van der Waals surface area contributed by atoms with Crippen LogP contribution < -0.4 is 16.6 Å². The van der Waals surface area contributed by atoms with Crippen LogP contribution in [0.3, 0.4) is 0 Å². The average Bonchev–Trinajstić information content (AvgIpc) is 2.75. The van der Waals surface area contributed by atoms with Gasteiger partial charge in [-0.15, -0.1) is 0 Å². The highest BCUT2D eigenvalue weighted by atomic mass is 32.2. The number of aromatic nitrogens is 4. The number of hydrogen-bond acceptors (Lipinski definition) is 6. The minimum absolute atomic E-state index is 0.160. The van der Waals surface area contributed by atoms with E-state index in [1.165, 1.54) is 23.7 Å². The number of nitrogens with one attached hydrogen (secondary N) is 1. The van der Waals surface area contributed by atoms with Gasteiger partial charge >= 0.3 is 5.69 Å². The molecule has 0 aliphatic heterocycles. The zero-order valence-corrected chi connectivity index (χ0v) is 20.4. The second kappa shape index (κ2) is 9.86. The van der Waals surface area contributed by atoms with Gasteiger partial charge in [0, 0.05) is 13.6 Å². The minimum Gasteiger partial charge on any atom is -0.349 e. The standard InChI is InChI=1S/C23H28FN5O3S/c1-12(2)11-29-19-18(22(31)28(6)23(29)32)21(27-15(5)26-19)33-14(4)20(30)25-13(3)16-7-9-17(24)10-8-16/h7-10,12-14H,11H2,1-6H3,(H,25,30)/t13-,14-/m1/s1. The summed E-state index contributed by atoms with van der Waals surface area (Å²) in [7, 11) is 1.43. The number of aryl methyl sites for hydroxylation is 1. The Balaban J connectivity index is 1.95. The molecule has 0 saturated heterocycles. The Morgan fingerprint density at radius 1 is 1.12 bits per heavy atom. The number of thioether (sulfide) groups is 1. The molecule has 0 saturated carbocycles. The summed E-state index contributed by atoms with van der Waals surface area (Å²) >= 11 is 1.14. The fourth-order valence-electron chi connectivity index (χ4n) is 3.44. The van der Waals surface area contributed by atoms with Crippen LogP contribution in [0.25, 0.3) is 11.0 Å². The number of nitrogens with zero attached hydrogens (tertiary/aromatic N) is 4. The maximum absolute atomic E-state index is 13.2. The van der Waals surface area contributed by atoms with Gasteiger partial charge < -0.3 is 5.32 Å². The first-order chi connectivity index (χ1) is 15.5. The molecule has 0 bridgehead atoms. The molecular weight excluding hydrogens is 445 g/mol. The van der Waals surface area contributed by atoms with Crippen molar-refractivity contribution in [2.45, 2.75) is 57.5 Å². The first kappa shape index (κ1) is 24.6. The molecule has 0 fully saturated rings. The van der Waals surface area contributed by atoms with Gasteiger partial charge in [-0.25, -0.2) is 19.2 Å². The van der Waals surface area contributed by atoms with Crippen molar-refractivity contribution >= 4 is 28.7 Å². The maximum Gasteiger partial charge on any atom is 0.332 e. The normalized spacial score (nSPS) is 13.3. The number of rotatable bonds is 7. The monoisotopic (exact) mass is 473 g/mol. The minimum atomic E-state index is -0.583. The number of benzene rings is 1. The Hall–Kier alpha value is -3.01. The molecule has 1 amide bonds. The molecule has 1 N–H and O–H groups in total. The zero-order chi connectivity index (χ0) is 24.4. The fourth-order valence-corrected chi connectivity index (χ4v) is 4.43. The van der Waals surface area contributed by atoms with Crippen molar-refractivity contribution in [1.82, 2.24) is 24.4 Å². The molecule has 1 aromatic carbocycles. The SMILES string of the molecule is Cc1nc(S[C@H](C)C(=O)N[C@H](C)c2ccc(F)cc2)c2c(=O)n(C)c(=O)n(CC(C)C)c2n1. The number of amides is 1. The molecule has 0 unspecified atom stereocenters. The van der Waals surface area contributed by atoms with Crippen LogP contribution in [0.4, 0.5) is 4.39 Å². The topological polar surface area (TPSA) is 98.9 Å². The lowest BCUT2D eigenvalue weighted by atomic mass is 10.1. The molecular formula is C23H28FN5O3S. The van der Waals surface area contributed by atoms with Crippen LogP contribution in [0.5, 0.6) is 0 Å². The molecule has 2 aromatic heterocycles. The molecule has 8 nitrogen and oxygen atoms in total. The lowest BCUT2D eigenvalue weighted by molar-refractivity contribution is -0.120. The van der Waals surface area contributed by atoms with E-state index in [1.54, 1.807) is 26.0 Å². The number of carbonyl (C=O) groups excluding carboxylic acids is 1. The van der Waals surface area contributed by atoms with Gasteiger partial charge in [0.2, 0.25) is 5.91 Å². The van der Waals surface area contributed by atoms with Crippen molar-refractivity contribution < 1.29 is 9.18 Å². The maximum atomic E-state index is 13.2. The van der Waals surface area contributed by atoms with Crippen molar-refractivity contribution in [1.29, 1.82) is 0 Å². The van der Waals surface area contributed by atoms with E-state index in [4.69, 9.17) is 0 Å². The van der Waals surface area contributed by atoms with Gasteiger partial charge in [-0.1, -0.05) is 37.7 Å². The van der Waals surface area contributed by atoms with Crippen LogP contribution in [0.15, 0.2) is 38.9 Å². The second-order valence-corrected chi connectivity index (χ2v) is 9.80. The molecule has 0 aliphatic carbocycles. The van der Waals surface area contributed by atoms with Crippen molar-refractivity contribution in [2.75, 3.05) is 0 Å². The molecule has 2 atom stereocenters. The third-order valence-electron chi connectivity index (χ3n) is 5.19. The lowest BCUT2D eigenvalue weighted by Gasteiger charge is -2.19. The van der Waals surface area contributed by atoms with Gasteiger partial charge in [0.1, 0.15) is 22.1 Å². The lowest BCUT2D eigenvalue weighted by Crippen LogP contribution is -2.40. The first-order valence-corrected chi connectivity index (χ1v) is 11.6.